The first-order chi connectivity index (χ1) is 9.36. The Balaban J connectivity index is 2.04. The van der Waals surface area contributed by atoms with Crippen LogP contribution < -0.4 is 5.32 Å². The fourth-order valence-corrected chi connectivity index (χ4v) is 2.71. The molecule has 0 heterocycles. The quantitative estimate of drug-likeness (QED) is 0.581. The molecule has 0 bridgehead atoms. The molecule has 0 aromatic rings. The fourth-order valence-electron chi connectivity index (χ4n) is 2.71. The number of hydrogen-bond acceptors (Lipinski definition) is 4. The van der Waals surface area contributed by atoms with E-state index in [0.717, 1.165) is 45.3 Å². The van der Waals surface area contributed by atoms with Gasteiger partial charge in [-0.25, -0.2) is 0 Å². The summed E-state index contributed by atoms with van der Waals surface area (Å²) in [4.78, 5) is 2.40. The van der Waals surface area contributed by atoms with Gasteiger partial charge in [0.15, 0.2) is 0 Å². The molecule has 1 fully saturated rings. The first kappa shape index (κ1) is 16.9. The van der Waals surface area contributed by atoms with Crippen LogP contribution in [-0.2, 0) is 9.47 Å². The summed E-state index contributed by atoms with van der Waals surface area (Å²) >= 11 is 0. The van der Waals surface area contributed by atoms with Crippen molar-refractivity contribution in [3.63, 3.8) is 0 Å². The van der Waals surface area contributed by atoms with Crippen molar-refractivity contribution >= 4 is 0 Å². The van der Waals surface area contributed by atoms with Crippen molar-refractivity contribution in [1.82, 2.24) is 10.2 Å². The molecule has 0 saturated heterocycles. The summed E-state index contributed by atoms with van der Waals surface area (Å²) in [6.07, 6.45) is 7.15. The van der Waals surface area contributed by atoms with Gasteiger partial charge in [-0.15, -0.1) is 0 Å². The standard InChI is InChI=1S/C15H32N2O2/c1-18-12-10-17(11-13-19-2)9-8-16-14-15-6-4-3-5-7-15/h15-16H,3-14H2,1-2H3. The Kier molecular flexibility index (Phi) is 10.4. The largest absolute Gasteiger partial charge is 0.383 e. The third-order valence-electron chi connectivity index (χ3n) is 3.99. The van der Waals surface area contributed by atoms with Gasteiger partial charge >= 0.3 is 0 Å². The van der Waals surface area contributed by atoms with E-state index in [1.807, 2.05) is 0 Å². The smallest absolute Gasteiger partial charge is 0.0589 e. The van der Waals surface area contributed by atoms with E-state index in [1.54, 1.807) is 14.2 Å². The highest BCUT2D eigenvalue weighted by atomic mass is 16.5. The predicted molar refractivity (Wildman–Crippen MR) is 79.6 cm³/mol. The van der Waals surface area contributed by atoms with Crippen molar-refractivity contribution in [3.05, 3.63) is 0 Å². The van der Waals surface area contributed by atoms with Gasteiger partial charge in [-0.2, -0.15) is 0 Å². The fraction of sp³-hybridized carbons (Fsp3) is 1.00. The van der Waals surface area contributed by atoms with Gasteiger partial charge in [-0.05, 0) is 25.3 Å². The molecule has 1 aliphatic rings. The zero-order valence-electron chi connectivity index (χ0n) is 12.8. The van der Waals surface area contributed by atoms with Gasteiger partial charge in [0, 0.05) is 40.4 Å². The maximum Gasteiger partial charge on any atom is 0.0589 e. The molecule has 4 nitrogen and oxygen atoms in total. The first-order valence-corrected chi connectivity index (χ1v) is 7.77. The van der Waals surface area contributed by atoms with Crippen LogP contribution in [0.2, 0.25) is 0 Å². The van der Waals surface area contributed by atoms with E-state index >= 15 is 0 Å². The van der Waals surface area contributed by atoms with E-state index < -0.39 is 0 Å². The molecule has 0 atom stereocenters. The minimum Gasteiger partial charge on any atom is -0.383 e. The second kappa shape index (κ2) is 11.6. The highest BCUT2D eigenvalue weighted by Crippen LogP contribution is 2.22. The molecule has 0 amide bonds. The van der Waals surface area contributed by atoms with Crippen LogP contribution in [0.1, 0.15) is 32.1 Å². The number of hydrogen-bond donors (Lipinski definition) is 1. The molecule has 19 heavy (non-hydrogen) atoms. The second-order valence-corrected chi connectivity index (χ2v) is 5.54. The minimum atomic E-state index is 0.798. The SMILES string of the molecule is COCCN(CCNCC1CCCCC1)CCOC. The van der Waals surface area contributed by atoms with Gasteiger partial charge in [0.25, 0.3) is 0 Å². The second-order valence-electron chi connectivity index (χ2n) is 5.54. The summed E-state index contributed by atoms with van der Waals surface area (Å²) in [5, 5.41) is 3.62. The zero-order valence-corrected chi connectivity index (χ0v) is 12.8. The van der Waals surface area contributed by atoms with Crippen molar-refractivity contribution in [2.45, 2.75) is 32.1 Å². The highest BCUT2D eigenvalue weighted by Gasteiger charge is 2.12. The van der Waals surface area contributed by atoms with Gasteiger partial charge in [0.1, 0.15) is 0 Å². The predicted octanol–water partition coefficient (Wildman–Crippen LogP) is 1.75. The van der Waals surface area contributed by atoms with Crippen molar-refractivity contribution < 1.29 is 9.47 Å². The number of ether oxygens (including phenoxy) is 2. The Morgan fingerprint density at radius 2 is 1.58 bits per heavy atom. The third-order valence-corrected chi connectivity index (χ3v) is 3.99. The van der Waals surface area contributed by atoms with Crippen molar-refractivity contribution in [2.24, 2.45) is 5.92 Å². The van der Waals surface area contributed by atoms with Crippen LogP contribution >= 0.6 is 0 Å². The average Bonchev–Trinajstić information content (AvgIpc) is 2.46. The van der Waals surface area contributed by atoms with E-state index in [1.165, 1.54) is 38.6 Å². The van der Waals surface area contributed by atoms with Gasteiger partial charge < -0.3 is 14.8 Å². The van der Waals surface area contributed by atoms with Crippen LogP contribution in [0.4, 0.5) is 0 Å². The average molecular weight is 272 g/mol. The molecule has 0 spiro atoms. The van der Waals surface area contributed by atoms with Crippen LogP contribution in [0.15, 0.2) is 0 Å². The van der Waals surface area contributed by atoms with Crippen LogP contribution in [0, 0.1) is 5.92 Å². The third kappa shape index (κ3) is 8.58. The molecule has 1 aliphatic carbocycles. The Morgan fingerprint density at radius 1 is 0.947 bits per heavy atom. The van der Waals surface area contributed by atoms with E-state index in [9.17, 15) is 0 Å². The van der Waals surface area contributed by atoms with Crippen molar-refractivity contribution in [3.8, 4) is 0 Å². The lowest BCUT2D eigenvalue weighted by Gasteiger charge is -2.24. The van der Waals surface area contributed by atoms with Gasteiger partial charge in [0.05, 0.1) is 13.2 Å². The van der Waals surface area contributed by atoms with Crippen LogP contribution in [0.3, 0.4) is 0 Å². The molecular formula is C15H32N2O2. The Hall–Kier alpha value is -0.160. The maximum atomic E-state index is 5.15. The zero-order chi connectivity index (χ0) is 13.8. The summed E-state index contributed by atoms with van der Waals surface area (Å²) in [6.45, 7) is 6.93. The maximum absolute atomic E-state index is 5.15. The summed E-state index contributed by atoms with van der Waals surface area (Å²) in [5.41, 5.74) is 0. The molecule has 0 radical (unpaired) electrons. The van der Waals surface area contributed by atoms with Gasteiger partial charge in [-0.1, -0.05) is 19.3 Å². The highest BCUT2D eigenvalue weighted by molar-refractivity contribution is 4.68. The van der Waals surface area contributed by atoms with E-state index in [0.29, 0.717) is 0 Å². The van der Waals surface area contributed by atoms with E-state index in [-0.39, 0.29) is 0 Å². The number of rotatable bonds is 11. The molecule has 4 heteroatoms. The molecule has 0 aromatic heterocycles. The van der Waals surface area contributed by atoms with E-state index in [2.05, 4.69) is 10.2 Å². The number of methoxy groups -OCH3 is 2. The molecule has 0 unspecified atom stereocenters. The summed E-state index contributed by atoms with van der Waals surface area (Å²) in [6, 6.07) is 0. The summed E-state index contributed by atoms with van der Waals surface area (Å²) < 4.78 is 10.3. The van der Waals surface area contributed by atoms with Crippen molar-refractivity contribution in [2.75, 3.05) is 60.2 Å². The van der Waals surface area contributed by atoms with Crippen LogP contribution in [0.5, 0.6) is 0 Å². The summed E-state index contributed by atoms with van der Waals surface area (Å²) in [7, 11) is 3.52. The lowest BCUT2D eigenvalue weighted by atomic mass is 9.89. The van der Waals surface area contributed by atoms with Gasteiger partial charge in [0.2, 0.25) is 0 Å². The number of nitrogens with one attached hydrogen (secondary N) is 1. The molecule has 1 saturated carbocycles. The van der Waals surface area contributed by atoms with Crippen molar-refractivity contribution in [1.29, 1.82) is 0 Å². The molecule has 1 N–H and O–H groups in total. The topological polar surface area (TPSA) is 33.7 Å². The minimum absolute atomic E-state index is 0.798. The Bertz CT molecular complexity index is 189. The van der Waals surface area contributed by atoms with Crippen LogP contribution in [0.25, 0.3) is 0 Å². The molecule has 114 valence electrons. The van der Waals surface area contributed by atoms with Crippen LogP contribution in [-0.4, -0.2) is 65.1 Å². The molecule has 0 aliphatic heterocycles. The molecule has 1 rings (SSSR count). The monoisotopic (exact) mass is 272 g/mol. The Labute approximate surface area is 118 Å². The van der Waals surface area contributed by atoms with Gasteiger partial charge in [-0.3, -0.25) is 4.90 Å². The first-order valence-electron chi connectivity index (χ1n) is 7.77. The van der Waals surface area contributed by atoms with E-state index in [4.69, 9.17) is 9.47 Å². The number of nitrogens with zero attached hydrogens (tertiary/aromatic N) is 1. The lowest BCUT2D eigenvalue weighted by Crippen LogP contribution is -2.37. The summed E-state index contributed by atoms with van der Waals surface area (Å²) in [5.74, 6) is 0.917. The Morgan fingerprint density at radius 3 is 2.16 bits per heavy atom. The lowest BCUT2D eigenvalue weighted by molar-refractivity contribution is 0.114. The molecular weight excluding hydrogens is 240 g/mol. The molecule has 0 aromatic carbocycles. The normalized spacial score (nSPS) is 17.2.